The Morgan fingerprint density at radius 1 is 1.53 bits per heavy atom. The molecule has 0 aromatic rings. The molecule has 0 aromatic heterocycles. The molecule has 0 aromatic carbocycles. The first kappa shape index (κ1) is 13.3. The first-order chi connectivity index (χ1) is 7.12. The van der Waals surface area contributed by atoms with Gasteiger partial charge in [0.1, 0.15) is 0 Å². The van der Waals surface area contributed by atoms with Crippen LogP contribution in [0.25, 0.3) is 0 Å². The molecule has 0 radical (unpaired) electrons. The summed E-state index contributed by atoms with van der Waals surface area (Å²) < 4.78 is 0. The minimum Gasteiger partial charge on any atom is -0.329 e. The summed E-state index contributed by atoms with van der Waals surface area (Å²) >= 11 is 2.08. The highest BCUT2D eigenvalue weighted by molar-refractivity contribution is 8.00. The minimum absolute atomic E-state index is 0.259. The Morgan fingerprint density at radius 3 is 2.53 bits per heavy atom. The molecule has 0 bridgehead atoms. The molecule has 0 spiro atoms. The summed E-state index contributed by atoms with van der Waals surface area (Å²) in [4.78, 5) is 2.64. The van der Waals surface area contributed by atoms with Crippen molar-refractivity contribution in [3.63, 3.8) is 0 Å². The second-order valence-electron chi connectivity index (χ2n) is 4.61. The van der Waals surface area contributed by atoms with Gasteiger partial charge >= 0.3 is 0 Å². The monoisotopic (exact) mass is 230 g/mol. The van der Waals surface area contributed by atoms with Crippen LogP contribution in [0.3, 0.4) is 0 Å². The van der Waals surface area contributed by atoms with Crippen LogP contribution in [0, 0.1) is 0 Å². The average molecular weight is 230 g/mol. The normalized spacial score (nSPS) is 33.6. The lowest BCUT2D eigenvalue weighted by Gasteiger charge is -2.46. The zero-order valence-corrected chi connectivity index (χ0v) is 11.4. The van der Waals surface area contributed by atoms with Gasteiger partial charge in [-0.3, -0.25) is 4.90 Å². The van der Waals surface area contributed by atoms with Crippen LogP contribution in [-0.4, -0.2) is 40.6 Å². The van der Waals surface area contributed by atoms with Gasteiger partial charge in [0.2, 0.25) is 0 Å². The van der Waals surface area contributed by atoms with E-state index in [1.54, 1.807) is 0 Å². The highest BCUT2D eigenvalue weighted by Gasteiger charge is 2.45. The maximum absolute atomic E-state index is 6.07. The van der Waals surface area contributed by atoms with Crippen molar-refractivity contribution in [1.82, 2.24) is 4.90 Å². The van der Waals surface area contributed by atoms with Crippen LogP contribution in [0.15, 0.2) is 0 Å². The Hall–Kier alpha value is 0.270. The fourth-order valence-electron chi connectivity index (χ4n) is 2.82. The van der Waals surface area contributed by atoms with Crippen LogP contribution in [0.5, 0.6) is 0 Å². The van der Waals surface area contributed by atoms with Crippen LogP contribution < -0.4 is 5.73 Å². The maximum Gasteiger partial charge on any atom is 0.0457 e. The van der Waals surface area contributed by atoms with E-state index in [2.05, 4.69) is 44.4 Å². The zero-order chi connectivity index (χ0) is 11.5. The van der Waals surface area contributed by atoms with E-state index in [4.69, 9.17) is 5.73 Å². The summed E-state index contributed by atoms with van der Waals surface area (Å²) in [6.07, 6.45) is 2.47. The second kappa shape index (κ2) is 5.55. The van der Waals surface area contributed by atoms with Gasteiger partial charge in [-0.25, -0.2) is 0 Å². The summed E-state index contributed by atoms with van der Waals surface area (Å²) in [5.74, 6) is 1.27. The molecule has 0 amide bonds. The van der Waals surface area contributed by atoms with E-state index < -0.39 is 0 Å². The van der Waals surface area contributed by atoms with Crippen molar-refractivity contribution < 1.29 is 0 Å². The lowest BCUT2D eigenvalue weighted by atomic mass is 9.88. The van der Waals surface area contributed by atoms with Crippen LogP contribution >= 0.6 is 11.8 Å². The second-order valence-corrected chi connectivity index (χ2v) is 6.06. The van der Waals surface area contributed by atoms with Crippen molar-refractivity contribution in [3.8, 4) is 0 Å². The number of rotatable bonds is 5. The summed E-state index contributed by atoms with van der Waals surface area (Å²) in [5, 5.41) is 0.677. The standard InChI is InChI=1S/C12H26N2S/c1-5-10(3)14(6-2)12(9-13)7-8-15-11(12)4/h10-11H,5-9,13H2,1-4H3. The largest absolute Gasteiger partial charge is 0.329 e. The van der Waals surface area contributed by atoms with Gasteiger partial charge in [-0.15, -0.1) is 0 Å². The van der Waals surface area contributed by atoms with Crippen molar-refractivity contribution in [2.75, 3.05) is 18.8 Å². The van der Waals surface area contributed by atoms with E-state index in [0.29, 0.717) is 11.3 Å². The van der Waals surface area contributed by atoms with E-state index in [1.807, 2.05) is 0 Å². The van der Waals surface area contributed by atoms with Crippen molar-refractivity contribution in [3.05, 3.63) is 0 Å². The molecule has 1 saturated heterocycles. The van der Waals surface area contributed by atoms with Gasteiger partial charge in [-0.05, 0) is 32.1 Å². The predicted molar refractivity (Wildman–Crippen MR) is 70.5 cm³/mol. The third-order valence-electron chi connectivity index (χ3n) is 4.05. The van der Waals surface area contributed by atoms with Gasteiger partial charge in [0.25, 0.3) is 0 Å². The van der Waals surface area contributed by atoms with E-state index in [1.165, 1.54) is 18.6 Å². The minimum atomic E-state index is 0.259. The highest BCUT2D eigenvalue weighted by Crippen LogP contribution is 2.40. The van der Waals surface area contributed by atoms with Gasteiger partial charge in [0.05, 0.1) is 0 Å². The van der Waals surface area contributed by atoms with Gasteiger partial charge in [-0.2, -0.15) is 11.8 Å². The van der Waals surface area contributed by atoms with Gasteiger partial charge in [0.15, 0.2) is 0 Å². The highest BCUT2D eigenvalue weighted by atomic mass is 32.2. The summed E-state index contributed by atoms with van der Waals surface area (Å²) in [7, 11) is 0. The number of likely N-dealkylation sites (N-methyl/N-ethyl adjacent to an activating group) is 1. The van der Waals surface area contributed by atoms with Crippen LogP contribution in [0.4, 0.5) is 0 Å². The lowest BCUT2D eigenvalue weighted by molar-refractivity contribution is 0.0615. The fraction of sp³-hybridized carbons (Fsp3) is 1.00. The third kappa shape index (κ3) is 2.34. The van der Waals surface area contributed by atoms with Crippen LogP contribution in [0.1, 0.15) is 40.5 Å². The molecule has 3 atom stereocenters. The first-order valence-corrected chi connectivity index (χ1v) is 7.25. The van der Waals surface area contributed by atoms with E-state index in [9.17, 15) is 0 Å². The Morgan fingerprint density at radius 2 is 2.20 bits per heavy atom. The first-order valence-electron chi connectivity index (χ1n) is 6.20. The predicted octanol–water partition coefficient (Wildman–Crippen LogP) is 2.33. The lowest BCUT2D eigenvalue weighted by Crippen LogP contribution is -2.60. The molecule has 1 aliphatic heterocycles. The third-order valence-corrected chi connectivity index (χ3v) is 5.43. The Bertz CT molecular complexity index is 198. The molecular weight excluding hydrogens is 204 g/mol. The molecule has 1 heterocycles. The molecule has 2 nitrogen and oxygen atoms in total. The summed E-state index contributed by atoms with van der Waals surface area (Å²) in [5.41, 5.74) is 6.33. The number of nitrogens with two attached hydrogens (primary N) is 1. The van der Waals surface area contributed by atoms with Gasteiger partial charge < -0.3 is 5.73 Å². The molecule has 15 heavy (non-hydrogen) atoms. The molecule has 0 aliphatic carbocycles. The number of nitrogens with zero attached hydrogens (tertiary/aromatic N) is 1. The molecule has 0 saturated carbocycles. The van der Waals surface area contributed by atoms with Gasteiger partial charge in [0, 0.05) is 23.4 Å². The van der Waals surface area contributed by atoms with Crippen molar-refractivity contribution in [2.24, 2.45) is 5.73 Å². The molecule has 3 unspecified atom stereocenters. The molecule has 1 aliphatic rings. The Labute approximate surface area is 99.0 Å². The summed E-state index contributed by atoms with van der Waals surface area (Å²) in [6.45, 7) is 11.1. The molecule has 3 heteroatoms. The smallest absolute Gasteiger partial charge is 0.0457 e. The van der Waals surface area contributed by atoms with Crippen LogP contribution in [-0.2, 0) is 0 Å². The molecular formula is C12H26N2S. The SMILES string of the molecule is CCC(C)N(CC)C1(CN)CCSC1C. The summed E-state index contributed by atoms with van der Waals surface area (Å²) in [6, 6.07) is 0.652. The van der Waals surface area contributed by atoms with E-state index in [0.717, 1.165) is 13.1 Å². The Kier molecular flexibility index (Phi) is 4.94. The number of hydrogen-bond donors (Lipinski definition) is 1. The number of thioether (sulfide) groups is 1. The van der Waals surface area contributed by atoms with Crippen molar-refractivity contribution in [2.45, 2.75) is 57.4 Å². The maximum atomic E-state index is 6.07. The van der Waals surface area contributed by atoms with E-state index >= 15 is 0 Å². The van der Waals surface area contributed by atoms with Crippen molar-refractivity contribution in [1.29, 1.82) is 0 Å². The molecule has 2 N–H and O–H groups in total. The van der Waals surface area contributed by atoms with E-state index in [-0.39, 0.29) is 5.54 Å². The number of hydrogen-bond acceptors (Lipinski definition) is 3. The quantitative estimate of drug-likeness (QED) is 0.786. The zero-order valence-electron chi connectivity index (χ0n) is 10.6. The molecule has 1 rings (SSSR count). The van der Waals surface area contributed by atoms with Crippen molar-refractivity contribution >= 4 is 11.8 Å². The Balaban J connectivity index is 2.86. The van der Waals surface area contributed by atoms with Crippen LogP contribution in [0.2, 0.25) is 0 Å². The fourth-order valence-corrected chi connectivity index (χ4v) is 4.30. The molecule has 1 fully saturated rings. The van der Waals surface area contributed by atoms with Gasteiger partial charge in [-0.1, -0.05) is 20.8 Å². The molecule has 90 valence electrons. The average Bonchev–Trinajstić information content (AvgIpc) is 2.62. The topological polar surface area (TPSA) is 29.3 Å².